The molecule has 2 aromatic carbocycles. The standard InChI is InChI=1S/C27H36O3S2Si/c1-26(2,3)33(21-11-6-4-7-12-21,22-13-8-5-9-14-22)30-25-19-27(31-17-10-18-32-27)24(20-29)23(25)15-16-28/h4-9,11-14,25,28-29H,10,15-20H2,1-3H3/t25-/m0/s1. The number of aliphatic hydroxyl groups excluding tert-OH is 2. The van der Waals surface area contributed by atoms with Crippen LogP contribution in [0.1, 0.15) is 40.0 Å². The second kappa shape index (κ2) is 10.3. The molecule has 1 atom stereocenters. The molecule has 3 nitrogen and oxygen atoms in total. The van der Waals surface area contributed by atoms with Gasteiger partial charge in [-0.15, -0.1) is 23.5 Å². The second-order valence-electron chi connectivity index (χ2n) is 9.91. The molecule has 2 aliphatic rings. The van der Waals surface area contributed by atoms with Crippen molar-refractivity contribution in [1.82, 2.24) is 0 Å². The quantitative estimate of drug-likeness (QED) is 0.431. The van der Waals surface area contributed by atoms with Crippen molar-refractivity contribution >= 4 is 42.2 Å². The van der Waals surface area contributed by atoms with Gasteiger partial charge in [0.2, 0.25) is 0 Å². The number of aliphatic hydroxyl groups is 2. The molecule has 1 aliphatic heterocycles. The fraction of sp³-hybridized carbons (Fsp3) is 0.481. The van der Waals surface area contributed by atoms with Gasteiger partial charge in [0.1, 0.15) is 0 Å². The summed E-state index contributed by atoms with van der Waals surface area (Å²) in [7, 11) is -2.72. The lowest BCUT2D eigenvalue weighted by molar-refractivity contribution is 0.208. The van der Waals surface area contributed by atoms with Crippen molar-refractivity contribution < 1.29 is 14.6 Å². The average Bonchev–Trinajstić information content (AvgIpc) is 3.09. The highest BCUT2D eigenvalue weighted by Crippen LogP contribution is 2.57. The normalized spacial score (nSPS) is 21.1. The molecule has 0 radical (unpaired) electrons. The van der Waals surface area contributed by atoms with Crippen LogP contribution in [-0.4, -0.2) is 53.4 Å². The van der Waals surface area contributed by atoms with Crippen LogP contribution < -0.4 is 10.4 Å². The molecule has 1 spiro atoms. The molecule has 0 amide bonds. The van der Waals surface area contributed by atoms with Gasteiger partial charge in [-0.25, -0.2) is 0 Å². The minimum absolute atomic E-state index is 0.0376. The second-order valence-corrected chi connectivity index (χ2v) is 17.2. The zero-order valence-corrected chi connectivity index (χ0v) is 22.6. The number of benzene rings is 2. The van der Waals surface area contributed by atoms with Gasteiger partial charge in [0.15, 0.2) is 0 Å². The van der Waals surface area contributed by atoms with Gasteiger partial charge in [-0.1, -0.05) is 81.4 Å². The number of hydrogen-bond acceptors (Lipinski definition) is 5. The minimum atomic E-state index is -2.72. The van der Waals surface area contributed by atoms with Gasteiger partial charge in [-0.3, -0.25) is 0 Å². The van der Waals surface area contributed by atoms with Crippen molar-refractivity contribution in [3.05, 3.63) is 71.8 Å². The van der Waals surface area contributed by atoms with Gasteiger partial charge in [0, 0.05) is 13.0 Å². The van der Waals surface area contributed by atoms with E-state index in [1.165, 1.54) is 16.8 Å². The molecular weight excluding hydrogens is 465 g/mol. The maximum Gasteiger partial charge on any atom is 0.261 e. The number of thioether (sulfide) groups is 2. The maximum absolute atomic E-state index is 10.5. The summed E-state index contributed by atoms with van der Waals surface area (Å²) < 4.78 is 7.36. The Kier molecular flexibility index (Phi) is 7.83. The van der Waals surface area contributed by atoms with Crippen molar-refractivity contribution in [2.24, 2.45) is 0 Å². The molecule has 0 aromatic heterocycles. The molecule has 178 valence electrons. The highest BCUT2D eigenvalue weighted by atomic mass is 32.2. The van der Waals surface area contributed by atoms with E-state index in [0.717, 1.165) is 29.1 Å². The van der Waals surface area contributed by atoms with E-state index in [0.29, 0.717) is 6.42 Å². The summed E-state index contributed by atoms with van der Waals surface area (Å²) in [5.41, 5.74) is 2.21. The van der Waals surface area contributed by atoms with E-state index in [4.69, 9.17) is 4.43 Å². The fourth-order valence-electron chi connectivity index (χ4n) is 5.47. The van der Waals surface area contributed by atoms with E-state index < -0.39 is 8.32 Å². The summed E-state index contributed by atoms with van der Waals surface area (Å²) in [6.45, 7) is 7.02. The molecule has 0 unspecified atom stereocenters. The van der Waals surface area contributed by atoms with Gasteiger partial charge in [0.05, 0.1) is 16.8 Å². The van der Waals surface area contributed by atoms with E-state index in [9.17, 15) is 10.2 Å². The summed E-state index contributed by atoms with van der Waals surface area (Å²) >= 11 is 3.93. The van der Waals surface area contributed by atoms with Crippen LogP contribution in [0.2, 0.25) is 5.04 Å². The molecule has 1 fully saturated rings. The SMILES string of the molecule is CC(C)(C)[Si](O[C@H]1CC2(SCCCS2)C(CO)=C1CCO)(c1ccccc1)c1ccccc1. The zero-order valence-electron chi connectivity index (χ0n) is 19.9. The van der Waals surface area contributed by atoms with Crippen LogP contribution in [0.3, 0.4) is 0 Å². The van der Waals surface area contributed by atoms with Crippen LogP contribution in [0.15, 0.2) is 71.8 Å². The topological polar surface area (TPSA) is 49.7 Å². The third-order valence-corrected chi connectivity index (χ3v) is 15.4. The Balaban J connectivity index is 1.86. The first-order chi connectivity index (χ1) is 15.9. The van der Waals surface area contributed by atoms with Gasteiger partial charge >= 0.3 is 0 Å². The van der Waals surface area contributed by atoms with Crippen molar-refractivity contribution in [1.29, 1.82) is 0 Å². The third kappa shape index (κ3) is 4.63. The predicted octanol–water partition coefficient (Wildman–Crippen LogP) is 4.57. The van der Waals surface area contributed by atoms with Crippen LogP contribution in [-0.2, 0) is 4.43 Å². The van der Waals surface area contributed by atoms with Crippen LogP contribution in [0, 0.1) is 0 Å². The first-order valence-corrected chi connectivity index (χ1v) is 15.8. The summed E-state index contributed by atoms with van der Waals surface area (Å²) in [5.74, 6) is 2.21. The van der Waals surface area contributed by atoms with Gasteiger partial charge in [0.25, 0.3) is 8.32 Å². The lowest BCUT2D eigenvalue weighted by Crippen LogP contribution is -2.67. The van der Waals surface area contributed by atoms with Crippen LogP contribution in [0.25, 0.3) is 0 Å². The maximum atomic E-state index is 10.5. The molecule has 2 N–H and O–H groups in total. The predicted molar refractivity (Wildman–Crippen MR) is 145 cm³/mol. The Morgan fingerprint density at radius 2 is 1.48 bits per heavy atom. The van der Waals surface area contributed by atoms with E-state index >= 15 is 0 Å². The lowest BCUT2D eigenvalue weighted by atomic mass is 10.1. The van der Waals surface area contributed by atoms with Crippen molar-refractivity contribution in [3.8, 4) is 0 Å². The largest absolute Gasteiger partial charge is 0.401 e. The van der Waals surface area contributed by atoms with E-state index in [1.54, 1.807) is 0 Å². The molecule has 0 saturated carbocycles. The van der Waals surface area contributed by atoms with Gasteiger partial charge in [-0.2, -0.15) is 0 Å². The molecule has 2 aromatic rings. The summed E-state index contributed by atoms with van der Waals surface area (Å²) in [6.07, 6.45) is 2.51. The first kappa shape index (κ1) is 25.1. The number of rotatable bonds is 7. The van der Waals surface area contributed by atoms with E-state index in [-0.39, 0.29) is 28.4 Å². The van der Waals surface area contributed by atoms with Crippen molar-refractivity contribution in [3.63, 3.8) is 0 Å². The van der Waals surface area contributed by atoms with Crippen LogP contribution >= 0.6 is 23.5 Å². The number of hydrogen-bond donors (Lipinski definition) is 2. The Bertz CT molecular complexity index is 911. The third-order valence-electron chi connectivity index (χ3n) is 6.92. The fourth-order valence-corrected chi connectivity index (χ4v) is 13.7. The molecular formula is C27H36O3S2Si. The average molecular weight is 501 g/mol. The highest BCUT2D eigenvalue weighted by Gasteiger charge is 2.55. The van der Waals surface area contributed by atoms with Crippen LogP contribution in [0.5, 0.6) is 0 Å². The van der Waals surface area contributed by atoms with E-state index in [2.05, 4.69) is 81.4 Å². The van der Waals surface area contributed by atoms with Gasteiger partial charge in [-0.05, 0) is 50.9 Å². The smallest absolute Gasteiger partial charge is 0.261 e. The zero-order chi connectivity index (χ0) is 23.5. The van der Waals surface area contributed by atoms with Gasteiger partial charge < -0.3 is 14.6 Å². The molecule has 1 saturated heterocycles. The summed E-state index contributed by atoms with van der Waals surface area (Å²) in [5, 5.41) is 22.9. The molecule has 6 heteroatoms. The molecule has 4 rings (SSSR count). The molecule has 1 aliphatic carbocycles. The summed E-state index contributed by atoms with van der Waals surface area (Å²) in [6, 6.07) is 21.5. The molecule has 0 bridgehead atoms. The first-order valence-electron chi connectivity index (χ1n) is 11.9. The Hall–Kier alpha value is -1.02. The monoisotopic (exact) mass is 500 g/mol. The van der Waals surface area contributed by atoms with Crippen molar-refractivity contribution in [2.75, 3.05) is 24.7 Å². The van der Waals surface area contributed by atoms with Crippen molar-refractivity contribution in [2.45, 2.75) is 55.3 Å². The lowest BCUT2D eigenvalue weighted by Gasteiger charge is -2.45. The highest BCUT2D eigenvalue weighted by molar-refractivity contribution is 8.19. The Labute approximate surface area is 208 Å². The summed E-state index contributed by atoms with van der Waals surface area (Å²) in [4.78, 5) is 0. The Morgan fingerprint density at radius 3 is 1.94 bits per heavy atom. The minimum Gasteiger partial charge on any atom is -0.401 e. The van der Waals surface area contributed by atoms with Crippen LogP contribution in [0.4, 0.5) is 0 Å². The molecule has 33 heavy (non-hydrogen) atoms. The Morgan fingerprint density at radius 1 is 0.939 bits per heavy atom. The van der Waals surface area contributed by atoms with E-state index in [1.807, 2.05) is 23.5 Å². The molecule has 1 heterocycles.